The number of phenolic OH excluding ortho intramolecular Hbond substituents is 1. The molecule has 4 heteroatoms. The molecule has 2 rings (SSSR count). The third-order valence-electron chi connectivity index (χ3n) is 3.45. The number of aromatic hydroxyl groups is 1. The van der Waals surface area contributed by atoms with Crippen LogP contribution in [0.4, 0.5) is 0 Å². The molecular weight excluding hydrogens is 232 g/mol. The van der Waals surface area contributed by atoms with Crippen LogP contribution in [0.1, 0.15) is 31.2 Å². The number of carboxylic acid groups (broad SMARTS) is 1. The standard InChI is InChI=1S/C14H18O4/c15-12-5-1-10(2-6-12)9-18-13-7-3-11(4-8-13)14(16)17/h1-2,5-6,11,13,15H,3-4,7-9H2,(H,16,17). The lowest BCUT2D eigenvalue weighted by molar-refractivity contribution is -0.143. The van der Waals surface area contributed by atoms with E-state index in [1.54, 1.807) is 12.1 Å². The van der Waals surface area contributed by atoms with Gasteiger partial charge in [-0.05, 0) is 43.4 Å². The monoisotopic (exact) mass is 250 g/mol. The number of benzene rings is 1. The number of hydrogen-bond acceptors (Lipinski definition) is 3. The third kappa shape index (κ3) is 3.47. The van der Waals surface area contributed by atoms with Gasteiger partial charge in [-0.2, -0.15) is 0 Å². The van der Waals surface area contributed by atoms with Crippen LogP contribution < -0.4 is 0 Å². The molecule has 1 fully saturated rings. The summed E-state index contributed by atoms with van der Waals surface area (Å²) in [6.07, 6.45) is 3.20. The molecule has 98 valence electrons. The number of ether oxygens (including phenoxy) is 1. The molecule has 0 atom stereocenters. The first-order valence-electron chi connectivity index (χ1n) is 6.27. The summed E-state index contributed by atoms with van der Waals surface area (Å²) in [5.41, 5.74) is 1.02. The maximum Gasteiger partial charge on any atom is 0.306 e. The summed E-state index contributed by atoms with van der Waals surface area (Å²) in [4.78, 5) is 10.8. The summed E-state index contributed by atoms with van der Waals surface area (Å²) in [5, 5.41) is 18.1. The Morgan fingerprint density at radius 3 is 2.33 bits per heavy atom. The van der Waals surface area contributed by atoms with Crippen LogP contribution in [-0.4, -0.2) is 22.3 Å². The fourth-order valence-corrected chi connectivity index (χ4v) is 2.28. The second kappa shape index (κ2) is 5.87. The Morgan fingerprint density at radius 1 is 1.17 bits per heavy atom. The largest absolute Gasteiger partial charge is 0.508 e. The van der Waals surface area contributed by atoms with Gasteiger partial charge in [0.2, 0.25) is 0 Å². The Morgan fingerprint density at radius 2 is 1.78 bits per heavy atom. The van der Waals surface area contributed by atoms with Crippen molar-refractivity contribution in [3.8, 4) is 5.75 Å². The Labute approximate surface area is 106 Å². The van der Waals surface area contributed by atoms with E-state index in [0.717, 1.165) is 18.4 Å². The topological polar surface area (TPSA) is 66.8 Å². The first-order chi connectivity index (χ1) is 8.65. The highest BCUT2D eigenvalue weighted by Gasteiger charge is 2.26. The van der Waals surface area contributed by atoms with E-state index in [9.17, 15) is 4.79 Å². The Hall–Kier alpha value is -1.55. The number of aliphatic carboxylic acids is 1. The molecule has 1 aliphatic rings. The van der Waals surface area contributed by atoms with E-state index in [2.05, 4.69) is 0 Å². The zero-order valence-electron chi connectivity index (χ0n) is 10.2. The molecule has 0 aliphatic heterocycles. The van der Waals surface area contributed by atoms with Gasteiger partial charge in [0.05, 0.1) is 18.6 Å². The summed E-state index contributed by atoms with van der Waals surface area (Å²) in [6, 6.07) is 6.94. The van der Waals surface area contributed by atoms with Crippen molar-refractivity contribution in [2.45, 2.75) is 38.4 Å². The highest BCUT2D eigenvalue weighted by Crippen LogP contribution is 2.27. The number of phenols is 1. The van der Waals surface area contributed by atoms with Crippen molar-refractivity contribution < 1.29 is 19.7 Å². The molecule has 0 heterocycles. The van der Waals surface area contributed by atoms with Gasteiger partial charge in [-0.1, -0.05) is 12.1 Å². The highest BCUT2D eigenvalue weighted by molar-refractivity contribution is 5.70. The molecular formula is C14H18O4. The zero-order chi connectivity index (χ0) is 13.0. The number of carboxylic acids is 1. The summed E-state index contributed by atoms with van der Waals surface area (Å²) < 4.78 is 5.76. The molecule has 0 unspecified atom stereocenters. The normalized spacial score (nSPS) is 23.8. The average Bonchev–Trinajstić information content (AvgIpc) is 2.38. The lowest BCUT2D eigenvalue weighted by atomic mass is 9.87. The van der Waals surface area contributed by atoms with E-state index >= 15 is 0 Å². The Bertz CT molecular complexity index is 391. The quantitative estimate of drug-likeness (QED) is 0.861. The minimum absolute atomic E-state index is 0.161. The smallest absolute Gasteiger partial charge is 0.306 e. The van der Waals surface area contributed by atoms with Crippen molar-refractivity contribution in [1.82, 2.24) is 0 Å². The van der Waals surface area contributed by atoms with E-state index in [1.807, 2.05) is 12.1 Å². The fourth-order valence-electron chi connectivity index (χ4n) is 2.28. The number of hydrogen-bond donors (Lipinski definition) is 2. The summed E-state index contributed by atoms with van der Waals surface area (Å²) in [7, 11) is 0. The molecule has 2 N–H and O–H groups in total. The molecule has 0 bridgehead atoms. The van der Waals surface area contributed by atoms with Gasteiger partial charge in [0, 0.05) is 0 Å². The number of rotatable bonds is 4. The SMILES string of the molecule is O=C(O)C1CCC(OCc2ccc(O)cc2)CC1. The van der Waals surface area contributed by atoms with Crippen molar-refractivity contribution >= 4 is 5.97 Å². The minimum Gasteiger partial charge on any atom is -0.508 e. The van der Waals surface area contributed by atoms with Crippen LogP contribution in [0.3, 0.4) is 0 Å². The van der Waals surface area contributed by atoms with Crippen molar-refractivity contribution in [2.24, 2.45) is 5.92 Å². The zero-order valence-corrected chi connectivity index (χ0v) is 10.2. The molecule has 0 aromatic heterocycles. The van der Waals surface area contributed by atoms with Crippen molar-refractivity contribution in [3.05, 3.63) is 29.8 Å². The maximum atomic E-state index is 10.8. The van der Waals surface area contributed by atoms with Gasteiger partial charge >= 0.3 is 5.97 Å². The molecule has 18 heavy (non-hydrogen) atoms. The van der Waals surface area contributed by atoms with Gasteiger partial charge in [-0.3, -0.25) is 4.79 Å². The van der Waals surface area contributed by atoms with Crippen molar-refractivity contribution in [1.29, 1.82) is 0 Å². The Kier molecular flexibility index (Phi) is 4.20. The number of carbonyl (C=O) groups is 1. The summed E-state index contributed by atoms with van der Waals surface area (Å²) in [6.45, 7) is 0.517. The molecule has 1 aromatic rings. The van der Waals surface area contributed by atoms with Crippen LogP contribution in [0.15, 0.2) is 24.3 Å². The molecule has 1 aromatic carbocycles. The molecule has 0 radical (unpaired) electrons. The Balaban J connectivity index is 1.75. The molecule has 4 nitrogen and oxygen atoms in total. The van der Waals surface area contributed by atoms with Crippen LogP contribution in [0.2, 0.25) is 0 Å². The second-order valence-corrected chi connectivity index (χ2v) is 4.79. The van der Waals surface area contributed by atoms with Crippen LogP contribution in [0.25, 0.3) is 0 Å². The molecule has 0 saturated heterocycles. The van der Waals surface area contributed by atoms with E-state index in [4.69, 9.17) is 14.9 Å². The summed E-state index contributed by atoms with van der Waals surface area (Å²) in [5.74, 6) is -0.633. The van der Waals surface area contributed by atoms with E-state index in [1.165, 1.54) is 0 Å². The third-order valence-corrected chi connectivity index (χ3v) is 3.45. The molecule has 0 amide bonds. The highest BCUT2D eigenvalue weighted by atomic mass is 16.5. The maximum absolute atomic E-state index is 10.8. The van der Waals surface area contributed by atoms with Gasteiger partial charge in [-0.15, -0.1) is 0 Å². The van der Waals surface area contributed by atoms with Crippen LogP contribution in [0.5, 0.6) is 5.75 Å². The predicted octanol–water partition coefficient (Wildman–Crippen LogP) is 2.55. The molecule has 1 aliphatic carbocycles. The van der Waals surface area contributed by atoms with Crippen LogP contribution >= 0.6 is 0 Å². The van der Waals surface area contributed by atoms with Crippen LogP contribution in [0, 0.1) is 5.92 Å². The van der Waals surface area contributed by atoms with Crippen LogP contribution in [-0.2, 0) is 16.1 Å². The van der Waals surface area contributed by atoms with E-state index < -0.39 is 5.97 Å². The van der Waals surface area contributed by atoms with Gasteiger partial charge in [0.1, 0.15) is 5.75 Å². The molecule has 1 saturated carbocycles. The van der Waals surface area contributed by atoms with Gasteiger partial charge in [0.25, 0.3) is 0 Å². The van der Waals surface area contributed by atoms with E-state index in [0.29, 0.717) is 19.4 Å². The van der Waals surface area contributed by atoms with Crippen molar-refractivity contribution in [3.63, 3.8) is 0 Å². The summed E-state index contributed by atoms with van der Waals surface area (Å²) >= 11 is 0. The lowest BCUT2D eigenvalue weighted by Crippen LogP contribution is -2.25. The lowest BCUT2D eigenvalue weighted by Gasteiger charge is -2.26. The van der Waals surface area contributed by atoms with Gasteiger partial charge in [0.15, 0.2) is 0 Å². The fraction of sp³-hybridized carbons (Fsp3) is 0.500. The molecule has 0 spiro atoms. The average molecular weight is 250 g/mol. The first kappa shape index (κ1) is 12.9. The van der Waals surface area contributed by atoms with Gasteiger partial charge < -0.3 is 14.9 Å². The second-order valence-electron chi connectivity index (χ2n) is 4.79. The van der Waals surface area contributed by atoms with Crippen molar-refractivity contribution in [2.75, 3.05) is 0 Å². The van der Waals surface area contributed by atoms with Gasteiger partial charge in [-0.25, -0.2) is 0 Å². The first-order valence-corrected chi connectivity index (χ1v) is 6.27. The van der Waals surface area contributed by atoms with E-state index in [-0.39, 0.29) is 17.8 Å². The predicted molar refractivity (Wildman–Crippen MR) is 66.3 cm³/mol. The minimum atomic E-state index is -0.688.